The molecule has 28 heavy (non-hydrogen) atoms. The summed E-state index contributed by atoms with van der Waals surface area (Å²) in [6.45, 7) is 4.52. The molecule has 1 aliphatic heterocycles. The number of pyridine rings is 2. The Morgan fingerprint density at radius 3 is 2.75 bits per heavy atom. The smallest absolute Gasteiger partial charge is 0.133 e. The number of likely N-dealkylation sites (N-methyl/N-ethyl adjacent to an activating group) is 1. The van der Waals surface area contributed by atoms with E-state index in [4.69, 9.17) is 11.6 Å². The molecule has 1 aromatic carbocycles. The fraction of sp³-hybridized carbons (Fsp3) is 0.286. The van der Waals surface area contributed by atoms with E-state index in [9.17, 15) is 5.26 Å². The Balaban J connectivity index is 1.64. The molecule has 1 aliphatic rings. The number of nitriles is 1. The van der Waals surface area contributed by atoms with Gasteiger partial charge in [-0.25, -0.2) is 4.98 Å². The van der Waals surface area contributed by atoms with Crippen LogP contribution in [0.15, 0.2) is 42.7 Å². The van der Waals surface area contributed by atoms with E-state index in [1.54, 1.807) is 12.3 Å². The van der Waals surface area contributed by atoms with Crippen LogP contribution in [-0.2, 0) is 6.54 Å². The van der Waals surface area contributed by atoms with Crippen LogP contribution < -0.4 is 10.2 Å². The van der Waals surface area contributed by atoms with Gasteiger partial charge in [-0.15, -0.1) is 0 Å². The third kappa shape index (κ3) is 3.59. The Bertz CT molecular complexity index is 1040. The van der Waals surface area contributed by atoms with Crippen LogP contribution in [0.5, 0.6) is 0 Å². The maximum Gasteiger partial charge on any atom is 0.133 e. The molecule has 0 atom stereocenters. The topological polar surface area (TPSA) is 68.1 Å². The zero-order valence-electron chi connectivity index (χ0n) is 15.7. The van der Waals surface area contributed by atoms with Gasteiger partial charge in [-0.05, 0) is 19.2 Å². The molecule has 6 nitrogen and oxygen atoms in total. The van der Waals surface area contributed by atoms with E-state index < -0.39 is 0 Å². The molecule has 1 saturated heterocycles. The number of halogens is 1. The van der Waals surface area contributed by atoms with Crippen LogP contribution in [0.4, 0.5) is 11.5 Å². The van der Waals surface area contributed by atoms with E-state index in [1.165, 1.54) is 0 Å². The molecule has 0 radical (unpaired) electrons. The average Bonchev–Trinajstić information content (AvgIpc) is 2.73. The second kappa shape index (κ2) is 8.01. The van der Waals surface area contributed by atoms with Crippen molar-refractivity contribution in [3.63, 3.8) is 0 Å². The van der Waals surface area contributed by atoms with Crippen molar-refractivity contribution in [2.24, 2.45) is 0 Å². The molecule has 7 heteroatoms. The van der Waals surface area contributed by atoms with Gasteiger partial charge < -0.3 is 15.1 Å². The SMILES string of the molecule is CN1CCN(c2ncccc2CNc2c(C#N)cnc3c(Cl)cccc23)CC1. The summed E-state index contributed by atoms with van der Waals surface area (Å²) in [4.78, 5) is 13.6. The lowest BCUT2D eigenvalue weighted by atomic mass is 10.1. The Labute approximate surface area is 169 Å². The second-order valence-corrected chi connectivity index (χ2v) is 7.33. The lowest BCUT2D eigenvalue weighted by Gasteiger charge is -2.34. The van der Waals surface area contributed by atoms with Crippen molar-refractivity contribution in [2.75, 3.05) is 43.4 Å². The van der Waals surface area contributed by atoms with Crippen molar-refractivity contribution >= 4 is 34.0 Å². The van der Waals surface area contributed by atoms with Gasteiger partial charge in [0, 0.05) is 56.1 Å². The molecule has 1 fully saturated rings. The van der Waals surface area contributed by atoms with Crippen LogP contribution >= 0.6 is 11.6 Å². The van der Waals surface area contributed by atoms with Crippen molar-refractivity contribution < 1.29 is 0 Å². The summed E-state index contributed by atoms with van der Waals surface area (Å²) in [5.74, 6) is 0.998. The lowest BCUT2D eigenvalue weighted by Crippen LogP contribution is -2.45. The molecular formula is C21H21ClN6. The number of anilines is 2. The lowest BCUT2D eigenvalue weighted by molar-refractivity contribution is 0.312. The molecule has 142 valence electrons. The van der Waals surface area contributed by atoms with Gasteiger partial charge >= 0.3 is 0 Å². The molecule has 4 rings (SSSR count). The predicted molar refractivity (Wildman–Crippen MR) is 113 cm³/mol. The fourth-order valence-corrected chi connectivity index (χ4v) is 3.74. The number of piperazine rings is 1. The summed E-state index contributed by atoms with van der Waals surface area (Å²) in [6, 6.07) is 11.9. The summed E-state index contributed by atoms with van der Waals surface area (Å²) < 4.78 is 0. The van der Waals surface area contributed by atoms with E-state index in [0.29, 0.717) is 22.6 Å². The van der Waals surface area contributed by atoms with Crippen molar-refractivity contribution in [2.45, 2.75) is 6.54 Å². The summed E-state index contributed by atoms with van der Waals surface area (Å²) in [5, 5.41) is 14.4. The van der Waals surface area contributed by atoms with Gasteiger partial charge in [0.25, 0.3) is 0 Å². The first-order chi connectivity index (χ1) is 13.7. The number of para-hydroxylation sites is 1. The van der Waals surface area contributed by atoms with Crippen LogP contribution in [0.25, 0.3) is 10.9 Å². The third-order valence-corrected chi connectivity index (χ3v) is 5.40. The van der Waals surface area contributed by atoms with Gasteiger partial charge in [-0.2, -0.15) is 5.26 Å². The maximum atomic E-state index is 9.54. The largest absolute Gasteiger partial charge is 0.379 e. The van der Waals surface area contributed by atoms with E-state index in [2.05, 4.69) is 44.3 Å². The molecule has 2 aromatic heterocycles. The summed E-state index contributed by atoms with van der Waals surface area (Å²) in [6.07, 6.45) is 3.40. The molecule has 0 amide bonds. The first-order valence-electron chi connectivity index (χ1n) is 9.26. The number of fused-ring (bicyclic) bond motifs is 1. The molecule has 0 unspecified atom stereocenters. The van der Waals surface area contributed by atoms with Crippen molar-refractivity contribution in [3.8, 4) is 6.07 Å². The summed E-state index contributed by atoms with van der Waals surface area (Å²) in [5.41, 5.74) is 3.04. The summed E-state index contributed by atoms with van der Waals surface area (Å²) >= 11 is 6.29. The molecule has 0 aliphatic carbocycles. The molecule has 0 saturated carbocycles. The second-order valence-electron chi connectivity index (χ2n) is 6.92. The Morgan fingerprint density at radius 2 is 1.96 bits per heavy atom. The molecule has 1 N–H and O–H groups in total. The number of benzene rings is 1. The number of nitrogens with zero attached hydrogens (tertiary/aromatic N) is 5. The highest BCUT2D eigenvalue weighted by molar-refractivity contribution is 6.35. The number of nitrogens with one attached hydrogen (secondary N) is 1. The summed E-state index contributed by atoms with van der Waals surface area (Å²) in [7, 11) is 2.14. The normalized spacial score (nSPS) is 14.8. The van der Waals surface area contributed by atoms with Crippen molar-refractivity contribution in [1.29, 1.82) is 5.26 Å². The van der Waals surface area contributed by atoms with Crippen LogP contribution in [0.2, 0.25) is 5.02 Å². The van der Waals surface area contributed by atoms with Crippen LogP contribution in [-0.4, -0.2) is 48.1 Å². The number of hydrogen-bond donors (Lipinski definition) is 1. The van der Waals surface area contributed by atoms with Crippen molar-refractivity contribution in [1.82, 2.24) is 14.9 Å². The van der Waals surface area contributed by atoms with Gasteiger partial charge in [0.2, 0.25) is 0 Å². The third-order valence-electron chi connectivity index (χ3n) is 5.09. The highest BCUT2D eigenvalue weighted by atomic mass is 35.5. The monoisotopic (exact) mass is 392 g/mol. The zero-order chi connectivity index (χ0) is 19.5. The van der Waals surface area contributed by atoms with Gasteiger partial charge in [0.15, 0.2) is 0 Å². The maximum absolute atomic E-state index is 9.54. The van der Waals surface area contributed by atoms with Gasteiger partial charge in [-0.3, -0.25) is 4.98 Å². The minimum Gasteiger partial charge on any atom is -0.379 e. The quantitative estimate of drug-likeness (QED) is 0.732. The molecule has 3 aromatic rings. The molecule has 0 spiro atoms. The van der Waals surface area contributed by atoms with E-state index >= 15 is 0 Å². The average molecular weight is 393 g/mol. The van der Waals surface area contributed by atoms with E-state index in [-0.39, 0.29) is 0 Å². The van der Waals surface area contributed by atoms with Gasteiger partial charge in [0.05, 0.1) is 21.8 Å². The highest BCUT2D eigenvalue weighted by Gasteiger charge is 2.18. The first-order valence-corrected chi connectivity index (χ1v) is 9.64. The Hall–Kier alpha value is -2.88. The Morgan fingerprint density at radius 1 is 1.14 bits per heavy atom. The minimum atomic E-state index is 0.500. The molecular weight excluding hydrogens is 372 g/mol. The van der Waals surface area contributed by atoms with Crippen LogP contribution in [0.1, 0.15) is 11.1 Å². The number of hydrogen-bond acceptors (Lipinski definition) is 6. The van der Waals surface area contributed by atoms with Crippen LogP contribution in [0.3, 0.4) is 0 Å². The van der Waals surface area contributed by atoms with E-state index in [1.807, 2.05) is 24.4 Å². The first kappa shape index (κ1) is 18.5. The van der Waals surface area contributed by atoms with Crippen LogP contribution in [0, 0.1) is 11.3 Å². The minimum absolute atomic E-state index is 0.500. The molecule has 3 heterocycles. The number of aromatic nitrogens is 2. The van der Waals surface area contributed by atoms with E-state index in [0.717, 1.165) is 48.6 Å². The highest BCUT2D eigenvalue weighted by Crippen LogP contribution is 2.31. The molecule has 0 bridgehead atoms. The van der Waals surface area contributed by atoms with Crippen molar-refractivity contribution in [3.05, 3.63) is 58.9 Å². The zero-order valence-corrected chi connectivity index (χ0v) is 16.4. The van der Waals surface area contributed by atoms with Gasteiger partial charge in [0.1, 0.15) is 11.9 Å². The number of rotatable bonds is 4. The van der Waals surface area contributed by atoms with Gasteiger partial charge in [-0.1, -0.05) is 29.8 Å². The Kier molecular flexibility index (Phi) is 5.29. The standard InChI is InChI=1S/C21H21ClN6/c1-27-8-10-28(11-9-27)21-15(4-3-7-24-21)13-25-19-16(12-23)14-26-20-17(19)5-2-6-18(20)22/h2-7,14H,8-11,13H2,1H3,(H,25,26). The predicted octanol–water partition coefficient (Wildman–Crippen LogP) is 3.52. The fourth-order valence-electron chi connectivity index (χ4n) is 3.52.